The maximum absolute atomic E-state index is 2.33. The Hall–Kier alpha value is -2.38. The molecule has 0 saturated heterocycles. The van der Waals surface area contributed by atoms with Crippen LogP contribution in [-0.2, 0) is 0 Å². The van der Waals surface area contributed by atoms with E-state index in [9.17, 15) is 0 Å². The van der Waals surface area contributed by atoms with Gasteiger partial charge in [0.25, 0.3) is 0 Å². The van der Waals surface area contributed by atoms with Gasteiger partial charge in [0, 0.05) is 0 Å². The molecular weight excluding hydrogens is 292 g/mol. The minimum absolute atomic E-state index is 1.08. The normalized spacial score (nSPS) is 11.7. The van der Waals surface area contributed by atoms with E-state index in [1.54, 1.807) is 0 Å². The smallest absolute Gasteiger partial charge is 0.0919 e. The summed E-state index contributed by atoms with van der Waals surface area (Å²) in [6.45, 7) is 2.11. The van der Waals surface area contributed by atoms with E-state index in [1.165, 1.54) is 15.6 Å². The topological polar surface area (TPSA) is 0 Å². The fourth-order valence-electron chi connectivity index (χ4n) is 3.32. The van der Waals surface area contributed by atoms with Gasteiger partial charge in [0.05, 0.1) is 0 Å². The van der Waals surface area contributed by atoms with Crippen LogP contribution in [0.25, 0.3) is 0 Å². The van der Waals surface area contributed by atoms with E-state index in [0.717, 1.165) is 6.04 Å². The Balaban J connectivity index is 2.30. The average molecular weight is 315 g/mol. The van der Waals surface area contributed by atoms with E-state index < -0.39 is 8.07 Å². The fraction of sp³-hybridized carbons (Fsp3) is 0.0909. The second-order valence-electron chi connectivity index (χ2n) is 5.78. The third kappa shape index (κ3) is 3.06. The summed E-state index contributed by atoms with van der Waals surface area (Å²) in [4.78, 5) is 0. The van der Waals surface area contributed by atoms with Crippen molar-refractivity contribution in [3.63, 3.8) is 0 Å². The van der Waals surface area contributed by atoms with Gasteiger partial charge in [0.1, 0.15) is 0 Å². The zero-order chi connectivity index (χ0) is 16.0. The molecule has 0 nitrogen and oxygen atoms in total. The summed E-state index contributed by atoms with van der Waals surface area (Å²) in [5.74, 6) is 0. The van der Waals surface area contributed by atoms with Gasteiger partial charge < -0.3 is 0 Å². The van der Waals surface area contributed by atoms with Gasteiger partial charge in [-0.1, -0.05) is 103 Å². The Morgan fingerprint density at radius 3 is 1.26 bits per heavy atom. The lowest BCUT2D eigenvalue weighted by Gasteiger charge is -2.33. The standard InChI is InChI=1S/C22H22Si/c1-2-3-19-23(20-13-7-4-8-14-20,21-15-9-5-10-16-21)22-17-11-6-12-18-22/h2-18H,19H2,1H3/b3-2-. The molecule has 0 aliphatic heterocycles. The fourth-order valence-corrected chi connectivity index (χ4v) is 7.90. The summed E-state index contributed by atoms with van der Waals surface area (Å²) in [7, 11) is -2.03. The highest BCUT2D eigenvalue weighted by Crippen LogP contribution is 2.13. The lowest BCUT2D eigenvalue weighted by atomic mass is 10.3. The van der Waals surface area contributed by atoms with Gasteiger partial charge in [-0.3, -0.25) is 0 Å². The van der Waals surface area contributed by atoms with E-state index in [-0.39, 0.29) is 0 Å². The first-order chi connectivity index (χ1) is 11.4. The van der Waals surface area contributed by atoms with Crippen LogP contribution in [0.3, 0.4) is 0 Å². The molecule has 3 rings (SSSR count). The summed E-state index contributed by atoms with van der Waals surface area (Å²) < 4.78 is 0. The van der Waals surface area contributed by atoms with Crippen LogP contribution in [0.5, 0.6) is 0 Å². The molecule has 3 aromatic rings. The molecule has 0 unspecified atom stereocenters. The first-order valence-corrected chi connectivity index (χ1v) is 10.4. The molecule has 0 saturated carbocycles. The molecule has 0 heterocycles. The van der Waals surface area contributed by atoms with Crippen LogP contribution < -0.4 is 15.6 Å². The van der Waals surface area contributed by atoms with Crippen LogP contribution in [0.15, 0.2) is 103 Å². The molecule has 3 aromatic carbocycles. The van der Waals surface area contributed by atoms with Crippen LogP contribution in [-0.4, -0.2) is 8.07 Å². The zero-order valence-electron chi connectivity index (χ0n) is 13.5. The molecule has 0 radical (unpaired) electrons. The maximum atomic E-state index is 2.33. The third-order valence-electron chi connectivity index (χ3n) is 4.46. The van der Waals surface area contributed by atoms with Crippen molar-refractivity contribution in [2.45, 2.75) is 13.0 Å². The second kappa shape index (κ2) is 7.25. The highest BCUT2D eigenvalue weighted by molar-refractivity contribution is 7.11. The van der Waals surface area contributed by atoms with Crippen molar-refractivity contribution in [1.29, 1.82) is 0 Å². The zero-order valence-corrected chi connectivity index (χ0v) is 14.5. The summed E-state index contributed by atoms with van der Waals surface area (Å²) in [5, 5.41) is 4.40. The Kier molecular flexibility index (Phi) is 4.89. The maximum Gasteiger partial charge on any atom is 0.151 e. The summed E-state index contributed by atoms with van der Waals surface area (Å²) in [5.41, 5.74) is 0. The first-order valence-electron chi connectivity index (χ1n) is 8.15. The van der Waals surface area contributed by atoms with Crippen molar-refractivity contribution < 1.29 is 0 Å². The quantitative estimate of drug-likeness (QED) is 0.382. The monoisotopic (exact) mass is 314 g/mol. The third-order valence-corrected chi connectivity index (χ3v) is 9.26. The lowest BCUT2D eigenvalue weighted by molar-refractivity contribution is 1.53. The van der Waals surface area contributed by atoms with Crippen molar-refractivity contribution in [1.82, 2.24) is 0 Å². The molecule has 0 spiro atoms. The van der Waals surface area contributed by atoms with Gasteiger partial charge in [-0.2, -0.15) is 0 Å². The molecule has 0 fully saturated rings. The van der Waals surface area contributed by atoms with E-state index in [0.29, 0.717) is 0 Å². The number of hydrogen-bond donors (Lipinski definition) is 0. The van der Waals surface area contributed by atoms with Crippen molar-refractivity contribution in [3.05, 3.63) is 103 Å². The van der Waals surface area contributed by atoms with Gasteiger partial charge in [-0.25, -0.2) is 0 Å². The molecule has 1 heteroatoms. The number of allylic oxidation sites excluding steroid dienone is 2. The second-order valence-corrected chi connectivity index (χ2v) is 9.73. The Labute approximate surface area is 140 Å². The molecule has 0 bridgehead atoms. The minimum Gasteiger partial charge on any atom is -0.0919 e. The summed E-state index contributed by atoms with van der Waals surface area (Å²) in [6, 6.07) is 34.2. The first kappa shape index (κ1) is 15.5. The van der Waals surface area contributed by atoms with Crippen LogP contribution in [0, 0.1) is 0 Å². The summed E-state index contributed by atoms with van der Waals surface area (Å²) in [6.07, 6.45) is 4.51. The predicted octanol–water partition coefficient (Wildman–Crippen LogP) is 3.73. The summed E-state index contributed by atoms with van der Waals surface area (Å²) >= 11 is 0. The van der Waals surface area contributed by atoms with Crippen molar-refractivity contribution >= 4 is 23.6 Å². The Morgan fingerprint density at radius 1 is 0.609 bits per heavy atom. The lowest BCUT2D eigenvalue weighted by Crippen LogP contribution is -2.66. The minimum atomic E-state index is -2.03. The van der Waals surface area contributed by atoms with Gasteiger partial charge >= 0.3 is 0 Å². The molecular formula is C22H22Si. The predicted molar refractivity (Wildman–Crippen MR) is 104 cm³/mol. The number of benzene rings is 3. The molecule has 0 aliphatic carbocycles. The Morgan fingerprint density at radius 2 is 0.957 bits per heavy atom. The van der Waals surface area contributed by atoms with Gasteiger partial charge in [-0.15, -0.1) is 0 Å². The Bertz CT molecular complexity index is 649. The average Bonchev–Trinajstić information content (AvgIpc) is 2.65. The van der Waals surface area contributed by atoms with Crippen molar-refractivity contribution in [2.24, 2.45) is 0 Å². The van der Waals surface area contributed by atoms with E-state index >= 15 is 0 Å². The van der Waals surface area contributed by atoms with Gasteiger partial charge in [0.15, 0.2) is 8.07 Å². The molecule has 0 N–H and O–H groups in total. The number of rotatable bonds is 5. The molecule has 114 valence electrons. The SMILES string of the molecule is C/C=C\C[Si](c1ccccc1)(c1ccccc1)c1ccccc1. The molecule has 0 amide bonds. The number of hydrogen-bond acceptors (Lipinski definition) is 0. The van der Waals surface area contributed by atoms with Gasteiger partial charge in [0.2, 0.25) is 0 Å². The highest BCUT2D eigenvalue weighted by atomic mass is 28.3. The van der Waals surface area contributed by atoms with E-state index in [1.807, 2.05) is 0 Å². The molecule has 0 aliphatic rings. The molecule has 0 aromatic heterocycles. The van der Waals surface area contributed by atoms with Crippen LogP contribution in [0.1, 0.15) is 6.92 Å². The van der Waals surface area contributed by atoms with E-state index in [2.05, 4.69) is 110 Å². The van der Waals surface area contributed by atoms with Crippen LogP contribution in [0.4, 0.5) is 0 Å². The van der Waals surface area contributed by atoms with E-state index in [4.69, 9.17) is 0 Å². The van der Waals surface area contributed by atoms with Crippen LogP contribution in [0.2, 0.25) is 6.04 Å². The molecule has 23 heavy (non-hydrogen) atoms. The highest BCUT2D eigenvalue weighted by Gasteiger charge is 2.37. The van der Waals surface area contributed by atoms with Crippen molar-refractivity contribution in [3.8, 4) is 0 Å². The van der Waals surface area contributed by atoms with Crippen LogP contribution >= 0.6 is 0 Å². The largest absolute Gasteiger partial charge is 0.151 e. The molecule has 0 atom stereocenters. The van der Waals surface area contributed by atoms with Gasteiger partial charge in [-0.05, 0) is 28.5 Å². The van der Waals surface area contributed by atoms with Crippen molar-refractivity contribution in [2.75, 3.05) is 0 Å².